The van der Waals surface area contributed by atoms with Crippen molar-refractivity contribution < 1.29 is 0 Å². The van der Waals surface area contributed by atoms with Gasteiger partial charge in [0, 0.05) is 32.2 Å². The molecule has 0 amide bonds. The van der Waals surface area contributed by atoms with Crippen molar-refractivity contribution in [3.05, 3.63) is 36.4 Å². The summed E-state index contributed by atoms with van der Waals surface area (Å²) in [4.78, 5) is 2.31. The summed E-state index contributed by atoms with van der Waals surface area (Å²) >= 11 is 0. The Kier molecular flexibility index (Phi) is 2.80. The molecule has 0 aliphatic carbocycles. The van der Waals surface area contributed by atoms with Crippen LogP contribution in [-0.4, -0.2) is 36.4 Å². The van der Waals surface area contributed by atoms with E-state index in [1.807, 2.05) is 18.2 Å². The van der Waals surface area contributed by atoms with Crippen LogP contribution in [0.5, 0.6) is 0 Å². The van der Waals surface area contributed by atoms with Gasteiger partial charge in [-0.05, 0) is 5.56 Å². The predicted molar refractivity (Wildman–Crippen MR) is 69.1 cm³/mol. The molecular formula is C13H16N4. The van der Waals surface area contributed by atoms with Gasteiger partial charge in [-0.25, -0.2) is 0 Å². The molecule has 2 heterocycles. The molecule has 1 aliphatic rings. The summed E-state index contributed by atoms with van der Waals surface area (Å²) in [5.41, 5.74) is 2.26. The molecule has 4 nitrogen and oxygen atoms in total. The first-order valence-electron chi connectivity index (χ1n) is 6.00. The van der Waals surface area contributed by atoms with Crippen molar-refractivity contribution in [3.63, 3.8) is 0 Å². The first kappa shape index (κ1) is 10.4. The third kappa shape index (κ3) is 2.17. The minimum Gasteiger partial charge on any atom is -0.353 e. The van der Waals surface area contributed by atoms with Gasteiger partial charge < -0.3 is 10.2 Å². The van der Waals surface area contributed by atoms with E-state index in [-0.39, 0.29) is 0 Å². The summed E-state index contributed by atoms with van der Waals surface area (Å²) in [5, 5.41) is 10.8. The molecule has 0 unspecified atom stereocenters. The number of benzene rings is 1. The summed E-state index contributed by atoms with van der Waals surface area (Å²) in [6.45, 7) is 4.12. The molecule has 17 heavy (non-hydrogen) atoms. The number of H-pyrrole nitrogens is 1. The lowest BCUT2D eigenvalue weighted by molar-refractivity contribution is 0.584. The summed E-state index contributed by atoms with van der Waals surface area (Å²) in [5.74, 6) is 1.05. The first-order valence-corrected chi connectivity index (χ1v) is 6.00. The SMILES string of the molecule is c1ccc(-c2cc(N3CCNCC3)n[nH]2)cc1. The number of aromatic amines is 1. The quantitative estimate of drug-likeness (QED) is 0.818. The Morgan fingerprint density at radius 3 is 2.59 bits per heavy atom. The number of nitrogens with one attached hydrogen (secondary N) is 2. The van der Waals surface area contributed by atoms with Gasteiger partial charge in [0.05, 0.1) is 5.69 Å². The van der Waals surface area contributed by atoms with Crippen molar-refractivity contribution in [1.29, 1.82) is 0 Å². The Balaban J connectivity index is 1.83. The minimum atomic E-state index is 1.03. The second-order valence-corrected chi connectivity index (χ2v) is 4.24. The van der Waals surface area contributed by atoms with E-state index in [0.717, 1.165) is 37.7 Å². The number of piperazine rings is 1. The van der Waals surface area contributed by atoms with Crippen LogP contribution in [0.3, 0.4) is 0 Å². The van der Waals surface area contributed by atoms with Crippen LogP contribution in [0.4, 0.5) is 5.82 Å². The van der Waals surface area contributed by atoms with Crippen LogP contribution in [0.15, 0.2) is 36.4 Å². The van der Waals surface area contributed by atoms with Gasteiger partial charge in [0.1, 0.15) is 0 Å². The molecule has 2 N–H and O–H groups in total. The van der Waals surface area contributed by atoms with Crippen molar-refractivity contribution in [3.8, 4) is 11.3 Å². The van der Waals surface area contributed by atoms with Crippen LogP contribution >= 0.6 is 0 Å². The Hall–Kier alpha value is -1.81. The fourth-order valence-electron chi connectivity index (χ4n) is 2.13. The molecule has 88 valence electrons. The maximum atomic E-state index is 4.39. The molecule has 3 rings (SSSR count). The van der Waals surface area contributed by atoms with Gasteiger partial charge in [0.2, 0.25) is 0 Å². The molecule has 1 aromatic carbocycles. The lowest BCUT2D eigenvalue weighted by Gasteiger charge is -2.26. The maximum Gasteiger partial charge on any atom is 0.151 e. The summed E-state index contributed by atoms with van der Waals surface area (Å²) < 4.78 is 0. The van der Waals surface area contributed by atoms with Crippen molar-refractivity contribution >= 4 is 5.82 Å². The monoisotopic (exact) mass is 228 g/mol. The highest BCUT2D eigenvalue weighted by atomic mass is 15.3. The smallest absolute Gasteiger partial charge is 0.151 e. The van der Waals surface area contributed by atoms with Crippen molar-refractivity contribution in [1.82, 2.24) is 15.5 Å². The molecule has 2 aromatic rings. The van der Waals surface area contributed by atoms with Crippen molar-refractivity contribution in [2.45, 2.75) is 0 Å². The Morgan fingerprint density at radius 2 is 1.82 bits per heavy atom. The highest BCUT2D eigenvalue weighted by Crippen LogP contribution is 2.21. The molecule has 0 saturated carbocycles. The molecule has 1 aliphatic heterocycles. The van der Waals surface area contributed by atoms with E-state index >= 15 is 0 Å². The standard InChI is InChI=1S/C13H16N4/c1-2-4-11(5-3-1)12-10-13(16-15-12)17-8-6-14-7-9-17/h1-5,10,14H,6-9H2,(H,15,16). The van der Waals surface area contributed by atoms with Crippen LogP contribution in [-0.2, 0) is 0 Å². The van der Waals surface area contributed by atoms with E-state index in [9.17, 15) is 0 Å². The third-order valence-corrected chi connectivity index (χ3v) is 3.09. The van der Waals surface area contributed by atoms with E-state index < -0.39 is 0 Å². The van der Waals surface area contributed by atoms with Gasteiger partial charge in [-0.3, -0.25) is 5.10 Å². The van der Waals surface area contributed by atoms with Gasteiger partial charge in [0.25, 0.3) is 0 Å². The first-order chi connectivity index (χ1) is 8.43. The number of aromatic nitrogens is 2. The van der Waals surface area contributed by atoms with Gasteiger partial charge in [0.15, 0.2) is 5.82 Å². The van der Waals surface area contributed by atoms with E-state index in [0.29, 0.717) is 0 Å². The minimum absolute atomic E-state index is 1.03. The Bertz CT molecular complexity index is 471. The second kappa shape index (κ2) is 4.59. The van der Waals surface area contributed by atoms with Gasteiger partial charge in [-0.15, -0.1) is 0 Å². The zero-order valence-electron chi connectivity index (χ0n) is 9.69. The van der Waals surface area contributed by atoms with E-state index in [2.05, 4.69) is 38.6 Å². The van der Waals surface area contributed by atoms with Crippen LogP contribution in [0.1, 0.15) is 0 Å². The van der Waals surface area contributed by atoms with Crippen LogP contribution in [0, 0.1) is 0 Å². The fraction of sp³-hybridized carbons (Fsp3) is 0.308. The van der Waals surface area contributed by atoms with E-state index in [1.54, 1.807) is 0 Å². The van der Waals surface area contributed by atoms with Crippen LogP contribution < -0.4 is 10.2 Å². The molecular weight excluding hydrogens is 212 g/mol. The van der Waals surface area contributed by atoms with Gasteiger partial charge in [-0.1, -0.05) is 30.3 Å². The summed E-state index contributed by atoms with van der Waals surface area (Å²) in [7, 11) is 0. The fourth-order valence-corrected chi connectivity index (χ4v) is 2.13. The number of nitrogens with zero attached hydrogens (tertiary/aromatic N) is 2. The second-order valence-electron chi connectivity index (χ2n) is 4.24. The molecule has 0 atom stereocenters. The van der Waals surface area contributed by atoms with E-state index in [4.69, 9.17) is 0 Å². The highest BCUT2D eigenvalue weighted by Gasteiger charge is 2.13. The van der Waals surface area contributed by atoms with Gasteiger partial charge in [-0.2, -0.15) is 5.10 Å². The number of rotatable bonds is 2. The molecule has 0 radical (unpaired) electrons. The highest BCUT2D eigenvalue weighted by molar-refractivity contribution is 5.63. The summed E-state index contributed by atoms with van der Waals surface area (Å²) in [6, 6.07) is 12.4. The predicted octanol–water partition coefficient (Wildman–Crippen LogP) is 1.49. The average Bonchev–Trinajstić information content (AvgIpc) is 2.90. The zero-order chi connectivity index (χ0) is 11.5. The molecule has 1 aromatic heterocycles. The molecule has 4 heteroatoms. The van der Waals surface area contributed by atoms with Gasteiger partial charge >= 0.3 is 0 Å². The van der Waals surface area contributed by atoms with E-state index in [1.165, 1.54) is 5.56 Å². The number of hydrogen-bond donors (Lipinski definition) is 2. The zero-order valence-corrected chi connectivity index (χ0v) is 9.69. The molecule has 0 bridgehead atoms. The van der Waals surface area contributed by atoms with Crippen molar-refractivity contribution in [2.75, 3.05) is 31.1 Å². The largest absolute Gasteiger partial charge is 0.353 e. The van der Waals surface area contributed by atoms with Crippen LogP contribution in [0.2, 0.25) is 0 Å². The maximum absolute atomic E-state index is 4.39. The van der Waals surface area contributed by atoms with Crippen LogP contribution in [0.25, 0.3) is 11.3 Å². The lowest BCUT2D eigenvalue weighted by Crippen LogP contribution is -2.43. The molecule has 1 fully saturated rings. The molecule has 1 saturated heterocycles. The Labute approximate surface area is 101 Å². The van der Waals surface area contributed by atoms with Crippen molar-refractivity contribution in [2.24, 2.45) is 0 Å². The topological polar surface area (TPSA) is 44.0 Å². The summed E-state index contributed by atoms with van der Waals surface area (Å²) in [6.07, 6.45) is 0. The third-order valence-electron chi connectivity index (χ3n) is 3.09. The lowest BCUT2D eigenvalue weighted by atomic mass is 10.1. The molecule has 0 spiro atoms. The Morgan fingerprint density at radius 1 is 1.06 bits per heavy atom. The number of anilines is 1. The average molecular weight is 228 g/mol. The number of hydrogen-bond acceptors (Lipinski definition) is 3. The normalized spacial score (nSPS) is 16.1.